The smallest absolute Gasteiger partial charge is 0.262 e. The molecule has 110 valence electrons. The fraction of sp³-hybridized carbons (Fsp3) is 0.286. The van der Waals surface area contributed by atoms with Gasteiger partial charge in [0.25, 0.3) is 11.9 Å². The second-order valence-electron chi connectivity index (χ2n) is 4.92. The summed E-state index contributed by atoms with van der Waals surface area (Å²) < 4.78 is 0. The fourth-order valence-corrected chi connectivity index (χ4v) is 1.61. The highest BCUT2D eigenvalue weighted by Crippen LogP contribution is 2.15. The number of aromatic nitrogens is 3. The highest BCUT2D eigenvalue weighted by Gasteiger charge is 2.17. The monoisotopic (exact) mass is 286 g/mol. The quantitative estimate of drug-likeness (QED) is 0.707. The number of nitrogens with one attached hydrogen (secondary N) is 2. The molecule has 0 unspecified atom stereocenters. The van der Waals surface area contributed by atoms with Gasteiger partial charge in [-0.25, -0.2) is 4.98 Å². The van der Waals surface area contributed by atoms with Crippen LogP contribution < -0.4 is 16.6 Å². The third kappa shape index (κ3) is 3.96. The van der Waals surface area contributed by atoms with Crippen LogP contribution in [0.2, 0.25) is 0 Å². The molecule has 7 nitrogen and oxygen atoms in total. The first-order chi connectivity index (χ1) is 10.1. The van der Waals surface area contributed by atoms with E-state index in [2.05, 4.69) is 26.0 Å². The van der Waals surface area contributed by atoms with E-state index < -0.39 is 6.04 Å². The maximum atomic E-state index is 11.7. The molecule has 2 aromatic rings. The van der Waals surface area contributed by atoms with Gasteiger partial charge in [-0.1, -0.05) is 44.2 Å². The molecular formula is C14H18N6O. The highest BCUT2D eigenvalue weighted by atomic mass is 16.2. The van der Waals surface area contributed by atoms with E-state index in [0.29, 0.717) is 5.69 Å². The van der Waals surface area contributed by atoms with Crippen molar-refractivity contribution < 1.29 is 4.79 Å². The molecule has 0 aliphatic heterocycles. The Kier molecular flexibility index (Phi) is 4.78. The van der Waals surface area contributed by atoms with Crippen LogP contribution in [0, 0.1) is 5.92 Å². The lowest BCUT2D eigenvalue weighted by Crippen LogP contribution is -2.46. The first kappa shape index (κ1) is 14.9. The van der Waals surface area contributed by atoms with Crippen LogP contribution in [-0.4, -0.2) is 27.1 Å². The number of benzene rings is 1. The summed E-state index contributed by atoms with van der Waals surface area (Å²) in [4.78, 5) is 16.0. The number of carbonyl (C=O) groups is 1. The minimum absolute atomic E-state index is 0.0431. The molecule has 21 heavy (non-hydrogen) atoms. The second-order valence-corrected chi connectivity index (χ2v) is 4.92. The first-order valence-corrected chi connectivity index (χ1v) is 6.64. The largest absolute Gasteiger partial charge is 0.320 e. The topological polar surface area (TPSA) is 106 Å². The van der Waals surface area contributed by atoms with Gasteiger partial charge in [-0.2, -0.15) is 5.10 Å². The molecule has 1 heterocycles. The van der Waals surface area contributed by atoms with Crippen LogP contribution in [0.4, 0.5) is 5.95 Å². The van der Waals surface area contributed by atoms with Crippen molar-refractivity contribution in [3.63, 3.8) is 0 Å². The number of rotatable bonds is 5. The normalized spacial score (nSPS) is 12.0. The predicted molar refractivity (Wildman–Crippen MR) is 79.8 cm³/mol. The predicted octanol–water partition coefficient (Wildman–Crippen LogP) is 0.965. The maximum Gasteiger partial charge on any atom is 0.262 e. The molecule has 2 rings (SSSR count). The van der Waals surface area contributed by atoms with Crippen LogP contribution in [0.3, 0.4) is 0 Å². The lowest BCUT2D eigenvalue weighted by atomic mass is 10.1. The van der Waals surface area contributed by atoms with Gasteiger partial charge in [0, 0.05) is 5.56 Å². The minimum Gasteiger partial charge on any atom is -0.320 e. The summed E-state index contributed by atoms with van der Waals surface area (Å²) in [5, 5.41) is 7.67. The molecule has 0 saturated carbocycles. The zero-order valence-corrected chi connectivity index (χ0v) is 11.9. The van der Waals surface area contributed by atoms with Crippen LogP contribution in [0.25, 0.3) is 11.3 Å². The van der Waals surface area contributed by atoms with Crippen LogP contribution in [-0.2, 0) is 4.79 Å². The number of nitrogens with zero attached hydrogens (tertiary/aromatic N) is 3. The van der Waals surface area contributed by atoms with E-state index in [9.17, 15) is 4.79 Å². The van der Waals surface area contributed by atoms with Crippen molar-refractivity contribution in [3.05, 3.63) is 36.5 Å². The maximum absolute atomic E-state index is 11.7. The Labute approximate surface area is 123 Å². The summed E-state index contributed by atoms with van der Waals surface area (Å²) in [6.45, 7) is 3.75. The molecule has 0 radical (unpaired) electrons. The summed E-state index contributed by atoms with van der Waals surface area (Å²) in [6.07, 6.45) is 1.56. The number of anilines is 1. The number of amides is 1. The zero-order valence-electron chi connectivity index (χ0n) is 11.9. The van der Waals surface area contributed by atoms with Crippen molar-refractivity contribution in [1.82, 2.24) is 20.6 Å². The number of carbonyl (C=O) groups excluding carboxylic acids is 1. The molecule has 0 spiro atoms. The molecule has 0 fully saturated rings. The third-order valence-electron chi connectivity index (χ3n) is 2.95. The summed E-state index contributed by atoms with van der Waals surface area (Å²) in [6, 6.07) is 8.98. The standard InChI is InChI=1S/C14H18N6O/c1-9(2)12(15)13(21)18-20-14-17-11(8-16-19-14)10-6-4-3-5-7-10/h3-9,12H,15H2,1-2H3,(H,18,21)(H,17,19,20)/t12-/m0/s1. The molecule has 4 N–H and O–H groups in total. The van der Waals surface area contributed by atoms with Crippen molar-refractivity contribution in [2.24, 2.45) is 11.7 Å². The van der Waals surface area contributed by atoms with Crippen LogP contribution in [0.5, 0.6) is 0 Å². The first-order valence-electron chi connectivity index (χ1n) is 6.64. The van der Waals surface area contributed by atoms with Crippen molar-refractivity contribution in [1.29, 1.82) is 0 Å². The molecular weight excluding hydrogens is 268 g/mol. The molecule has 0 aliphatic carbocycles. The zero-order chi connectivity index (χ0) is 15.2. The Bertz CT molecular complexity index is 601. The van der Waals surface area contributed by atoms with Crippen LogP contribution in [0.15, 0.2) is 36.5 Å². The minimum atomic E-state index is -0.595. The summed E-state index contributed by atoms with van der Waals surface area (Å²) in [7, 11) is 0. The third-order valence-corrected chi connectivity index (χ3v) is 2.95. The number of nitrogens with two attached hydrogens (primary N) is 1. The highest BCUT2D eigenvalue weighted by molar-refractivity contribution is 5.82. The molecule has 0 aliphatic rings. The van der Waals surface area contributed by atoms with Gasteiger partial charge in [0.05, 0.1) is 17.9 Å². The molecule has 1 aromatic heterocycles. The number of hydrogen-bond donors (Lipinski definition) is 3. The Morgan fingerprint density at radius 3 is 2.62 bits per heavy atom. The van der Waals surface area contributed by atoms with Crippen molar-refractivity contribution >= 4 is 11.9 Å². The van der Waals surface area contributed by atoms with Gasteiger partial charge in [0.15, 0.2) is 0 Å². The molecule has 0 bridgehead atoms. The number of hydrogen-bond acceptors (Lipinski definition) is 6. The van der Waals surface area contributed by atoms with Gasteiger partial charge in [0.2, 0.25) is 0 Å². The Hall–Kier alpha value is -2.54. The van der Waals surface area contributed by atoms with E-state index in [4.69, 9.17) is 5.73 Å². The van der Waals surface area contributed by atoms with E-state index >= 15 is 0 Å². The summed E-state index contributed by atoms with van der Waals surface area (Å²) in [5.74, 6) is -0.0686. The average molecular weight is 286 g/mol. The van der Waals surface area contributed by atoms with E-state index in [0.717, 1.165) is 5.56 Å². The van der Waals surface area contributed by atoms with E-state index in [-0.39, 0.29) is 17.8 Å². The van der Waals surface area contributed by atoms with Crippen molar-refractivity contribution in [3.8, 4) is 11.3 Å². The molecule has 1 aromatic carbocycles. The lowest BCUT2D eigenvalue weighted by Gasteiger charge is -2.15. The molecule has 7 heteroatoms. The van der Waals surface area contributed by atoms with Crippen LogP contribution in [0.1, 0.15) is 13.8 Å². The van der Waals surface area contributed by atoms with Gasteiger partial charge in [-0.15, -0.1) is 5.10 Å². The Morgan fingerprint density at radius 1 is 1.24 bits per heavy atom. The van der Waals surface area contributed by atoms with Gasteiger partial charge in [-0.05, 0) is 5.92 Å². The van der Waals surface area contributed by atoms with E-state index in [1.807, 2.05) is 44.2 Å². The second kappa shape index (κ2) is 6.76. The Morgan fingerprint density at radius 2 is 1.95 bits per heavy atom. The molecule has 0 saturated heterocycles. The SMILES string of the molecule is CC(C)[C@H](N)C(=O)NNc1nncc(-c2ccccc2)n1. The summed E-state index contributed by atoms with van der Waals surface area (Å²) >= 11 is 0. The van der Waals surface area contributed by atoms with Gasteiger partial charge >= 0.3 is 0 Å². The molecule has 1 amide bonds. The van der Waals surface area contributed by atoms with E-state index in [1.54, 1.807) is 6.20 Å². The van der Waals surface area contributed by atoms with Crippen molar-refractivity contribution in [2.75, 3.05) is 5.43 Å². The fourth-order valence-electron chi connectivity index (χ4n) is 1.61. The van der Waals surface area contributed by atoms with Crippen molar-refractivity contribution in [2.45, 2.75) is 19.9 Å². The van der Waals surface area contributed by atoms with Gasteiger partial charge in [0.1, 0.15) is 0 Å². The number of hydrazine groups is 1. The average Bonchev–Trinajstić information content (AvgIpc) is 2.53. The lowest BCUT2D eigenvalue weighted by molar-refractivity contribution is -0.122. The van der Waals surface area contributed by atoms with Gasteiger partial charge in [-0.3, -0.25) is 15.6 Å². The van der Waals surface area contributed by atoms with Gasteiger partial charge < -0.3 is 5.73 Å². The Balaban J connectivity index is 2.04. The van der Waals surface area contributed by atoms with Crippen LogP contribution >= 0.6 is 0 Å². The molecule has 1 atom stereocenters. The van der Waals surface area contributed by atoms with E-state index in [1.165, 1.54) is 0 Å². The summed E-state index contributed by atoms with van der Waals surface area (Å²) in [5.41, 5.74) is 12.4.